The second-order valence-electron chi connectivity index (χ2n) is 23.5. The maximum atomic E-state index is 13.8. The van der Waals surface area contributed by atoms with Gasteiger partial charge in [0.1, 0.15) is 14.7 Å². The predicted octanol–water partition coefficient (Wildman–Crippen LogP) is 13.7. The van der Waals surface area contributed by atoms with Gasteiger partial charge in [-0.2, -0.15) is 25.3 Å². The van der Waals surface area contributed by atoms with Crippen molar-refractivity contribution in [2.75, 3.05) is 0 Å². The maximum Gasteiger partial charge on any atom is 0.295 e. The fourth-order valence-electron chi connectivity index (χ4n) is 14.8. The molecule has 16 nitrogen and oxygen atoms in total. The highest BCUT2D eigenvalue weighted by molar-refractivity contribution is 7.95. The van der Waals surface area contributed by atoms with E-state index in [2.05, 4.69) is 25.0 Å². The molecule has 17 rings (SSSR count). The molecule has 0 amide bonds. The molecule has 0 radical (unpaired) electrons. The van der Waals surface area contributed by atoms with Crippen LogP contribution < -0.4 is 21.4 Å². The van der Waals surface area contributed by atoms with Gasteiger partial charge in [-0.05, 0) is 102 Å². The lowest BCUT2D eigenvalue weighted by atomic mass is 9.90. The zero-order valence-electron chi connectivity index (χ0n) is 49.8. The first-order chi connectivity index (χ1) is 46.5. The van der Waals surface area contributed by atoms with Crippen molar-refractivity contribution in [1.82, 2.24) is 19.9 Å². The third-order valence-electron chi connectivity index (χ3n) is 18.3. The molecule has 0 atom stereocenters. The number of aromatic amines is 4. The minimum Gasteiger partial charge on any atom is -0.354 e. The number of hydrogen-bond acceptors (Lipinski definition) is 10. The van der Waals surface area contributed by atoms with E-state index < -0.39 is 30.4 Å². The second kappa shape index (κ2) is 22.2. The molecule has 4 aromatic heterocycles. The minimum atomic E-state index is -4.86. The van der Waals surface area contributed by atoms with Gasteiger partial charge in [0, 0.05) is 121 Å². The molecule has 0 saturated carbocycles. The molecule has 96 heavy (non-hydrogen) atoms. The molecule has 12 aromatic carbocycles. The van der Waals surface area contributed by atoms with Gasteiger partial charge in [-0.1, -0.05) is 199 Å². The monoisotopic (exact) mass is 1340 g/mol. The van der Waals surface area contributed by atoms with Crippen molar-refractivity contribution in [1.29, 1.82) is 0 Å². The first-order valence-electron chi connectivity index (χ1n) is 30.1. The molecule has 468 valence electrons. The molecule has 0 fully saturated rings. The molecule has 5 heterocycles. The SMILES string of the molecule is O=S(=O)(O)c1c2ccccc2c(C2=c3ccc([nH]3)=C(c3c4ccccc4c(SOOO)c4ccccc34)c3ccc([nH]3)C(c3c4ccccc4c(S(=O)(=O)O)c4ccccc34)=c3ccc([nH]3)=C(c3c4ccccc4c(S(=O)(=O)O)c4ccccc34)c3ccc2[nH]3)c2ccccc12. The summed E-state index contributed by atoms with van der Waals surface area (Å²) in [5.41, 5.74) is 7.29. The lowest BCUT2D eigenvalue weighted by Gasteiger charge is -2.19. The van der Waals surface area contributed by atoms with Crippen LogP contribution in [0.3, 0.4) is 0 Å². The molecular weight excluding hydrogens is 1290 g/mol. The Morgan fingerprint density at radius 2 is 0.458 bits per heavy atom. The van der Waals surface area contributed by atoms with Gasteiger partial charge < -0.3 is 19.9 Å². The van der Waals surface area contributed by atoms with E-state index in [9.17, 15) is 44.2 Å². The zero-order chi connectivity index (χ0) is 65.5. The van der Waals surface area contributed by atoms with E-state index in [1.54, 1.807) is 84.9 Å². The van der Waals surface area contributed by atoms with E-state index in [1.807, 2.05) is 158 Å². The molecule has 16 aromatic rings. The zero-order valence-corrected chi connectivity index (χ0v) is 53.0. The molecule has 8 bridgehead atoms. The van der Waals surface area contributed by atoms with Crippen molar-refractivity contribution in [3.63, 3.8) is 0 Å². The van der Waals surface area contributed by atoms with Crippen LogP contribution in [0.1, 0.15) is 45.0 Å². The highest BCUT2D eigenvalue weighted by atomic mass is 32.2. The summed E-state index contributed by atoms with van der Waals surface area (Å²) < 4.78 is 121. The molecule has 0 saturated heterocycles. The Labute approximate surface area is 549 Å². The van der Waals surface area contributed by atoms with E-state index in [0.29, 0.717) is 120 Å². The van der Waals surface area contributed by atoms with E-state index in [-0.39, 0.29) is 47.0 Å². The maximum absolute atomic E-state index is 13.8. The summed E-state index contributed by atoms with van der Waals surface area (Å²) in [5, 5.41) is 23.7. The lowest BCUT2D eigenvalue weighted by molar-refractivity contribution is -0.432. The number of benzene rings is 12. The number of H-pyrrole nitrogens is 4. The average molecular weight is 1340 g/mol. The molecule has 1 aliphatic rings. The summed E-state index contributed by atoms with van der Waals surface area (Å²) in [6.45, 7) is 0. The Balaban J connectivity index is 1.11. The first-order valence-corrected chi connectivity index (χ1v) is 35.2. The van der Waals surface area contributed by atoms with Crippen LogP contribution in [0.25, 0.3) is 108 Å². The van der Waals surface area contributed by atoms with Gasteiger partial charge in [0.05, 0.1) is 16.9 Å². The molecule has 1 aliphatic heterocycles. The Bertz CT molecular complexity index is 6520. The van der Waals surface area contributed by atoms with Crippen LogP contribution in [-0.4, -0.2) is 64.1 Å². The topological polar surface area (TPSA) is 265 Å². The number of fused-ring (bicyclic) bond motifs is 16. The molecule has 0 aliphatic carbocycles. The molecule has 0 unspecified atom stereocenters. The third kappa shape index (κ3) is 9.22. The van der Waals surface area contributed by atoms with Gasteiger partial charge in [0.25, 0.3) is 30.4 Å². The van der Waals surface area contributed by atoms with Gasteiger partial charge in [-0.3, -0.25) is 13.7 Å². The Morgan fingerprint density at radius 1 is 0.260 bits per heavy atom. The van der Waals surface area contributed by atoms with Gasteiger partial charge in [0.15, 0.2) is 0 Å². The van der Waals surface area contributed by atoms with E-state index in [0.717, 1.165) is 39.2 Å². The van der Waals surface area contributed by atoms with E-state index >= 15 is 0 Å². The smallest absolute Gasteiger partial charge is 0.295 e. The highest BCUT2D eigenvalue weighted by Crippen LogP contribution is 2.47. The minimum absolute atomic E-state index is 0.253. The molecular formula is C76H48N4O12S4. The van der Waals surface area contributed by atoms with Crippen LogP contribution in [0.2, 0.25) is 0 Å². The highest BCUT2D eigenvalue weighted by Gasteiger charge is 2.31. The van der Waals surface area contributed by atoms with Crippen LogP contribution in [-0.2, 0) is 39.7 Å². The summed E-state index contributed by atoms with van der Waals surface area (Å²) in [6, 6.07) is 73.5. The molecule has 20 heteroatoms. The fraction of sp³-hybridized carbons (Fsp3) is 0. The van der Waals surface area contributed by atoms with Crippen molar-refractivity contribution in [2.24, 2.45) is 0 Å². The fourth-order valence-corrected chi connectivity index (χ4v) is 18.2. The van der Waals surface area contributed by atoms with E-state index in [4.69, 9.17) is 4.33 Å². The largest absolute Gasteiger partial charge is 0.354 e. The summed E-state index contributed by atoms with van der Waals surface area (Å²) in [5.74, 6) is 0. The van der Waals surface area contributed by atoms with E-state index in [1.165, 1.54) is 0 Å². The Morgan fingerprint density at radius 3 is 0.667 bits per heavy atom. The summed E-state index contributed by atoms with van der Waals surface area (Å²) in [6.07, 6.45) is 0. The number of rotatable bonds is 10. The van der Waals surface area contributed by atoms with Crippen molar-refractivity contribution in [3.8, 4) is 0 Å². The van der Waals surface area contributed by atoms with Crippen LogP contribution in [0.5, 0.6) is 0 Å². The third-order valence-corrected chi connectivity index (χ3v) is 22.0. The van der Waals surface area contributed by atoms with Crippen molar-refractivity contribution < 1.29 is 53.5 Å². The summed E-state index contributed by atoms with van der Waals surface area (Å²) in [7, 11) is -14.6. The van der Waals surface area contributed by atoms with Crippen molar-refractivity contribution in [3.05, 3.63) is 309 Å². The number of nitrogens with one attached hydrogen (secondary N) is 4. The van der Waals surface area contributed by atoms with Gasteiger partial charge in [-0.25, -0.2) is 5.26 Å². The Hall–Kier alpha value is -10.7. The van der Waals surface area contributed by atoms with Crippen molar-refractivity contribution >= 4 is 151 Å². The van der Waals surface area contributed by atoms with Crippen molar-refractivity contribution in [2.45, 2.75) is 19.6 Å². The summed E-state index contributed by atoms with van der Waals surface area (Å²) >= 11 is 0.861. The van der Waals surface area contributed by atoms with Gasteiger partial charge in [-0.15, -0.1) is 4.33 Å². The van der Waals surface area contributed by atoms with Crippen LogP contribution in [0.15, 0.2) is 262 Å². The number of aromatic nitrogens is 4. The van der Waals surface area contributed by atoms with Crippen LogP contribution in [0.4, 0.5) is 0 Å². The average Bonchev–Trinajstić information content (AvgIpc) is 1.15. The van der Waals surface area contributed by atoms with Crippen LogP contribution >= 0.6 is 12.0 Å². The molecule has 8 N–H and O–H groups in total. The first kappa shape index (κ1) is 59.1. The normalized spacial score (nSPS) is 13.3. The quantitative estimate of drug-likeness (QED) is 0.0208. The van der Waals surface area contributed by atoms with Gasteiger partial charge >= 0.3 is 0 Å². The Kier molecular flexibility index (Phi) is 13.7. The second-order valence-corrected chi connectivity index (χ2v) is 28.3. The predicted molar refractivity (Wildman–Crippen MR) is 374 cm³/mol. The lowest BCUT2D eigenvalue weighted by Crippen LogP contribution is -2.20. The van der Waals surface area contributed by atoms with Crippen LogP contribution in [0, 0.1) is 0 Å². The molecule has 0 spiro atoms. The number of hydrogen-bond donors (Lipinski definition) is 8. The standard InChI is InChI=1S/C76H48N4O12S4/c81-91-92-93-73-49-25-9-1-17-41(49)65(42-18-2-10-26-50(42)73)69-57-33-35-59(77-57)70(66-43-19-3-11-27-51(43)74(94(82,83)84)52-28-12-4-20-44(52)66)61-37-39-63(79-61)72(68-47-23-7-15-31-55(47)76(96(88,89)90)56-32-16-8-24-48(56)68)64-40-38-62(80-64)71(60-36-34-58(69)78-60)67-45-21-5-13-29-53(45)75(95(85,86)87)54-30-14-6-22-46(54)67/h1-40,77-81H,(H,82,83,84)(H,85,86,87)(H,88,89,90). The summed E-state index contributed by atoms with van der Waals surface area (Å²) in [4.78, 5) is 15.5. The van der Waals surface area contributed by atoms with Gasteiger partial charge in [0.2, 0.25) is 0 Å².